The molecule has 10 heavy (non-hydrogen) atoms. The van der Waals surface area contributed by atoms with Crippen molar-refractivity contribution >= 4 is 32.3 Å². The van der Waals surface area contributed by atoms with E-state index in [1.54, 1.807) is 0 Å². The molecule has 0 unspecified atom stereocenters. The summed E-state index contributed by atoms with van der Waals surface area (Å²) in [4.78, 5) is -0.798. The Bertz CT molecular complexity index is 200. The zero-order valence-electron chi connectivity index (χ0n) is 6.21. The maximum Gasteiger partial charge on any atom is 0.160 e. The third kappa shape index (κ3) is 2.21. The Morgan fingerprint density at radius 3 is 1.90 bits per heavy atom. The van der Waals surface area contributed by atoms with Gasteiger partial charge in [-0.2, -0.15) is 0 Å². The summed E-state index contributed by atoms with van der Waals surface area (Å²) >= 11 is 2.55. The van der Waals surface area contributed by atoms with Crippen molar-refractivity contribution in [2.45, 2.75) is 0 Å². The molecule has 0 bridgehead atoms. The van der Waals surface area contributed by atoms with Gasteiger partial charge in [-0.25, -0.2) is 0 Å². The Morgan fingerprint density at radius 2 is 1.60 bits per heavy atom. The van der Waals surface area contributed by atoms with Crippen molar-refractivity contribution in [3.8, 4) is 0 Å². The lowest BCUT2D eigenvalue weighted by Gasteiger charge is -2.06. The molecule has 0 amide bonds. The van der Waals surface area contributed by atoms with Crippen LogP contribution in [0, 0.1) is 0 Å². The van der Waals surface area contributed by atoms with Crippen LogP contribution in [0.5, 0.6) is 0 Å². The smallest absolute Gasteiger partial charge is 0.0620 e. The van der Waals surface area contributed by atoms with E-state index in [1.165, 1.54) is 5.30 Å². The van der Waals surface area contributed by atoms with Crippen molar-refractivity contribution in [2.24, 2.45) is 0 Å². The van der Waals surface area contributed by atoms with E-state index in [4.69, 9.17) is 0 Å². The van der Waals surface area contributed by atoms with Crippen LogP contribution in [-0.4, -0.2) is 13.3 Å². The quantitative estimate of drug-likeness (QED) is 0.541. The third-order valence-corrected chi connectivity index (χ3v) is 4.57. The van der Waals surface area contributed by atoms with Gasteiger partial charge < -0.3 is 0 Å². The maximum atomic E-state index is 2.55. The normalized spacial score (nSPS) is 11.5. The van der Waals surface area contributed by atoms with Crippen LogP contribution < -0.4 is 5.30 Å². The first-order chi connectivity index (χ1) is 4.61. The van der Waals surface area contributed by atoms with E-state index in [0.29, 0.717) is 0 Å². The monoisotopic (exact) mass is 265 g/mol. The molecule has 1 aromatic rings. The van der Waals surface area contributed by atoms with E-state index in [-0.39, 0.29) is 0 Å². The molecule has 0 nitrogen and oxygen atoms in total. The van der Waals surface area contributed by atoms with Gasteiger partial charge in [-0.3, -0.25) is 0 Å². The Balaban J connectivity index is 2.97. The van der Waals surface area contributed by atoms with Gasteiger partial charge in [-0.05, 0) is 12.1 Å². The summed E-state index contributed by atoms with van der Waals surface area (Å²) < 4.78 is 0. The van der Waals surface area contributed by atoms with Crippen LogP contribution in [0.15, 0.2) is 30.3 Å². The first-order valence-corrected chi connectivity index (χ1v) is 8.67. The van der Waals surface area contributed by atoms with Crippen molar-refractivity contribution in [1.29, 1.82) is 0 Å². The fraction of sp³-hybridized carbons (Fsp3) is 0.250. The molecular weight excluding hydrogens is 254 g/mol. The second-order valence-corrected chi connectivity index (χ2v) is 13.0. The highest BCUT2D eigenvalue weighted by molar-refractivity contribution is 14.2. The summed E-state index contributed by atoms with van der Waals surface area (Å²) in [7, 11) is 0. The zero-order valence-corrected chi connectivity index (χ0v) is 9.26. The molecular formula is C8H11IP+. The van der Waals surface area contributed by atoms with Gasteiger partial charge in [-0.15, -0.1) is 0 Å². The average Bonchev–Trinajstić information content (AvgIpc) is 1.88. The standard InChI is InChI=1S/C8H11IP/c1-10(2,9)8-6-4-3-5-7-8/h3-7H,1-2H3/q+1. The van der Waals surface area contributed by atoms with Gasteiger partial charge in [0.25, 0.3) is 0 Å². The largest absolute Gasteiger partial charge is 0.160 e. The van der Waals surface area contributed by atoms with Gasteiger partial charge in [0, 0.05) is 0 Å². The van der Waals surface area contributed by atoms with Gasteiger partial charge >= 0.3 is 0 Å². The molecule has 0 aromatic heterocycles. The predicted molar refractivity (Wildman–Crippen MR) is 58.9 cm³/mol. The Labute approximate surface area is 75.9 Å². The second kappa shape index (κ2) is 3.19. The van der Waals surface area contributed by atoms with E-state index in [2.05, 4.69) is 65.7 Å². The van der Waals surface area contributed by atoms with Crippen LogP contribution in [0.2, 0.25) is 0 Å². The minimum atomic E-state index is -0.798. The van der Waals surface area contributed by atoms with Crippen molar-refractivity contribution in [2.75, 3.05) is 13.3 Å². The van der Waals surface area contributed by atoms with Crippen LogP contribution in [0.25, 0.3) is 0 Å². The van der Waals surface area contributed by atoms with Gasteiger partial charge in [0.15, 0.2) is 22.0 Å². The number of halogens is 1. The van der Waals surface area contributed by atoms with Gasteiger partial charge in [0.1, 0.15) is 10.2 Å². The van der Waals surface area contributed by atoms with Crippen LogP contribution in [0.1, 0.15) is 0 Å². The predicted octanol–water partition coefficient (Wildman–Crippen LogP) is 2.94. The maximum absolute atomic E-state index is 2.55. The first-order valence-electron chi connectivity index (χ1n) is 3.20. The summed E-state index contributed by atoms with van der Waals surface area (Å²) in [5.41, 5.74) is 0. The summed E-state index contributed by atoms with van der Waals surface area (Å²) in [5.74, 6) is 0. The molecule has 1 aromatic carbocycles. The van der Waals surface area contributed by atoms with E-state index >= 15 is 0 Å². The van der Waals surface area contributed by atoms with E-state index in [1.807, 2.05) is 0 Å². The molecule has 0 spiro atoms. The lowest BCUT2D eigenvalue weighted by atomic mass is 10.4. The highest BCUT2D eigenvalue weighted by Crippen LogP contribution is 2.58. The Kier molecular flexibility index (Phi) is 2.70. The molecule has 0 aliphatic heterocycles. The number of benzene rings is 1. The number of rotatable bonds is 1. The molecule has 0 saturated carbocycles. The molecule has 0 saturated heterocycles. The molecule has 0 heterocycles. The zero-order chi connectivity index (χ0) is 7.61. The highest BCUT2D eigenvalue weighted by Gasteiger charge is 2.23. The fourth-order valence-corrected chi connectivity index (χ4v) is 2.63. The molecule has 0 aliphatic carbocycles. The SMILES string of the molecule is C[P+](C)(I)c1ccccc1. The molecule has 0 aliphatic rings. The van der Waals surface area contributed by atoms with Gasteiger partial charge in [0.05, 0.1) is 13.3 Å². The minimum Gasteiger partial charge on any atom is -0.0620 e. The summed E-state index contributed by atoms with van der Waals surface area (Å²) in [6.45, 7) is 4.64. The van der Waals surface area contributed by atoms with Crippen LogP contribution in [0.4, 0.5) is 0 Å². The summed E-state index contributed by atoms with van der Waals surface area (Å²) in [6.07, 6.45) is 0. The third-order valence-electron chi connectivity index (χ3n) is 1.37. The fourth-order valence-electron chi connectivity index (χ4n) is 0.782. The molecule has 0 radical (unpaired) electrons. The summed E-state index contributed by atoms with van der Waals surface area (Å²) in [6, 6.07) is 10.7. The molecule has 1 rings (SSSR count). The van der Waals surface area contributed by atoms with Gasteiger partial charge in [0.2, 0.25) is 0 Å². The second-order valence-electron chi connectivity index (χ2n) is 2.65. The van der Waals surface area contributed by atoms with Gasteiger partial charge in [-0.1, -0.05) is 18.2 Å². The molecule has 2 heteroatoms. The molecule has 54 valence electrons. The van der Waals surface area contributed by atoms with Crippen molar-refractivity contribution in [1.82, 2.24) is 0 Å². The lowest BCUT2D eigenvalue weighted by molar-refractivity contribution is 1.77. The highest BCUT2D eigenvalue weighted by atomic mass is 127. The van der Waals surface area contributed by atoms with Crippen molar-refractivity contribution < 1.29 is 0 Å². The molecule has 0 N–H and O–H groups in total. The minimum absolute atomic E-state index is 0.798. The van der Waals surface area contributed by atoms with Crippen molar-refractivity contribution in [3.05, 3.63) is 30.3 Å². The Morgan fingerprint density at radius 1 is 1.10 bits per heavy atom. The summed E-state index contributed by atoms with van der Waals surface area (Å²) in [5, 5.41) is 1.50. The average molecular weight is 265 g/mol. The van der Waals surface area contributed by atoms with Crippen LogP contribution in [0.3, 0.4) is 0 Å². The molecule has 0 atom stereocenters. The molecule has 0 fully saturated rings. The van der Waals surface area contributed by atoms with Crippen LogP contribution >= 0.6 is 26.9 Å². The topological polar surface area (TPSA) is 0 Å². The Hall–Kier alpha value is 0.380. The number of hydrogen-bond donors (Lipinski definition) is 0. The lowest BCUT2D eigenvalue weighted by Crippen LogP contribution is -2.01. The van der Waals surface area contributed by atoms with Crippen molar-refractivity contribution in [3.63, 3.8) is 0 Å². The first kappa shape index (κ1) is 8.48. The van der Waals surface area contributed by atoms with E-state index < -0.39 is 4.90 Å². The van der Waals surface area contributed by atoms with E-state index in [9.17, 15) is 0 Å². The van der Waals surface area contributed by atoms with Crippen LogP contribution in [-0.2, 0) is 0 Å². The van der Waals surface area contributed by atoms with E-state index in [0.717, 1.165) is 0 Å². The number of hydrogen-bond acceptors (Lipinski definition) is 0.